The van der Waals surface area contributed by atoms with Gasteiger partial charge in [-0.1, -0.05) is 18.2 Å². The molecule has 106 valence electrons. The summed E-state index contributed by atoms with van der Waals surface area (Å²) in [5, 5.41) is 2.11. The zero-order valence-corrected chi connectivity index (χ0v) is 13.4. The zero-order valence-electron chi connectivity index (χ0n) is 11.0. The number of hydrogen-bond acceptors (Lipinski definition) is 4. The third-order valence-corrected chi connectivity index (χ3v) is 5.45. The lowest BCUT2D eigenvalue weighted by Gasteiger charge is -2.31. The summed E-state index contributed by atoms with van der Waals surface area (Å²) in [6.45, 7) is 0.721. The van der Waals surface area contributed by atoms with E-state index < -0.39 is 0 Å². The van der Waals surface area contributed by atoms with Gasteiger partial charge < -0.3 is 4.74 Å². The third-order valence-electron chi connectivity index (χ3n) is 3.73. The Morgan fingerprint density at radius 2 is 2.30 bits per heavy atom. The van der Waals surface area contributed by atoms with Gasteiger partial charge in [0.05, 0.1) is 6.61 Å². The van der Waals surface area contributed by atoms with E-state index in [9.17, 15) is 0 Å². The van der Waals surface area contributed by atoms with Crippen molar-refractivity contribution in [3.8, 4) is 5.75 Å². The molecule has 2 unspecified atom stereocenters. The quantitative estimate of drug-likeness (QED) is 0.656. The van der Waals surface area contributed by atoms with Crippen LogP contribution in [0.25, 0.3) is 0 Å². The summed E-state index contributed by atoms with van der Waals surface area (Å²) in [5.74, 6) is 7.18. The second-order valence-corrected chi connectivity index (χ2v) is 7.00. The molecule has 1 aromatic heterocycles. The van der Waals surface area contributed by atoms with Gasteiger partial charge in [-0.2, -0.15) is 0 Å². The van der Waals surface area contributed by atoms with Crippen LogP contribution in [0, 0.1) is 5.92 Å². The van der Waals surface area contributed by atoms with Gasteiger partial charge in [-0.25, -0.2) is 0 Å². The summed E-state index contributed by atoms with van der Waals surface area (Å²) in [5.41, 5.74) is 4.25. The zero-order chi connectivity index (χ0) is 13.9. The number of nitrogens with two attached hydrogens (primary N) is 1. The maximum Gasteiger partial charge on any atom is 0.122 e. The highest BCUT2D eigenvalue weighted by Crippen LogP contribution is 2.30. The highest BCUT2D eigenvalue weighted by Gasteiger charge is 2.27. The molecule has 5 heteroatoms. The van der Waals surface area contributed by atoms with Crippen molar-refractivity contribution in [2.75, 3.05) is 6.61 Å². The van der Waals surface area contributed by atoms with Crippen LogP contribution >= 0.6 is 27.3 Å². The van der Waals surface area contributed by atoms with Crippen LogP contribution in [0.3, 0.4) is 0 Å². The average Bonchev–Trinajstić information content (AvgIpc) is 2.89. The van der Waals surface area contributed by atoms with Crippen LogP contribution in [-0.2, 0) is 12.8 Å². The van der Waals surface area contributed by atoms with Gasteiger partial charge in [0.2, 0.25) is 0 Å². The lowest BCUT2D eigenvalue weighted by Crippen LogP contribution is -2.46. The summed E-state index contributed by atoms with van der Waals surface area (Å²) in [4.78, 5) is 1.33. The molecular formula is C15H17BrN2OS. The van der Waals surface area contributed by atoms with Gasteiger partial charge in [0.25, 0.3) is 0 Å². The number of hydrogen-bond donors (Lipinski definition) is 2. The first-order valence-electron chi connectivity index (χ1n) is 6.66. The molecular weight excluding hydrogens is 336 g/mol. The van der Waals surface area contributed by atoms with E-state index in [-0.39, 0.29) is 6.04 Å². The van der Waals surface area contributed by atoms with E-state index in [1.54, 1.807) is 11.3 Å². The van der Waals surface area contributed by atoms with Crippen LogP contribution in [0.1, 0.15) is 10.4 Å². The number of halogens is 1. The molecule has 0 fully saturated rings. The van der Waals surface area contributed by atoms with Crippen molar-refractivity contribution in [3.63, 3.8) is 0 Å². The molecule has 2 aromatic rings. The van der Waals surface area contributed by atoms with Crippen LogP contribution in [0.5, 0.6) is 5.75 Å². The minimum Gasteiger partial charge on any atom is -0.493 e. The van der Waals surface area contributed by atoms with Gasteiger partial charge in [-0.15, -0.1) is 11.3 Å². The molecule has 0 saturated heterocycles. The standard InChI is InChI=1S/C15H17BrN2OS/c16-12-6-13(20-9-12)7-14(18-17)11-5-10-3-1-2-4-15(10)19-8-11/h1-4,6,9,11,14,18H,5,7-8,17H2. The monoisotopic (exact) mass is 352 g/mol. The second kappa shape index (κ2) is 6.26. The third kappa shape index (κ3) is 3.06. The Kier molecular flexibility index (Phi) is 4.41. The van der Waals surface area contributed by atoms with Gasteiger partial charge >= 0.3 is 0 Å². The van der Waals surface area contributed by atoms with Crippen LogP contribution in [0.15, 0.2) is 40.2 Å². The predicted octanol–water partition coefficient (Wildman–Crippen LogP) is 3.14. The number of benzene rings is 1. The molecule has 1 aliphatic rings. The Balaban J connectivity index is 1.71. The second-order valence-electron chi connectivity index (χ2n) is 5.09. The van der Waals surface area contributed by atoms with E-state index in [0.29, 0.717) is 5.92 Å². The number of para-hydroxylation sites is 1. The normalized spacial score (nSPS) is 19.2. The van der Waals surface area contributed by atoms with Crippen LogP contribution in [-0.4, -0.2) is 12.6 Å². The number of nitrogens with one attached hydrogen (secondary N) is 1. The fraction of sp³-hybridized carbons (Fsp3) is 0.333. The molecule has 3 nitrogen and oxygen atoms in total. The van der Waals surface area contributed by atoms with Crippen molar-refractivity contribution in [2.24, 2.45) is 11.8 Å². The number of thiophene rings is 1. The summed E-state index contributed by atoms with van der Waals surface area (Å²) in [6, 6.07) is 10.6. The Labute approximate surface area is 131 Å². The summed E-state index contributed by atoms with van der Waals surface area (Å²) in [6.07, 6.45) is 1.94. The number of fused-ring (bicyclic) bond motifs is 1. The van der Waals surface area contributed by atoms with Gasteiger partial charge in [0.1, 0.15) is 5.75 Å². The van der Waals surface area contributed by atoms with Gasteiger partial charge in [-0.3, -0.25) is 11.3 Å². The summed E-state index contributed by atoms with van der Waals surface area (Å²) >= 11 is 5.26. The maximum absolute atomic E-state index is 5.86. The largest absolute Gasteiger partial charge is 0.493 e. The molecule has 1 aliphatic heterocycles. The van der Waals surface area contributed by atoms with Crippen molar-refractivity contribution >= 4 is 27.3 Å². The molecule has 0 spiro atoms. The van der Waals surface area contributed by atoms with E-state index in [1.807, 2.05) is 12.1 Å². The Morgan fingerprint density at radius 3 is 3.05 bits per heavy atom. The van der Waals surface area contributed by atoms with Crippen LogP contribution in [0.2, 0.25) is 0 Å². The molecule has 20 heavy (non-hydrogen) atoms. The topological polar surface area (TPSA) is 47.3 Å². The molecule has 3 N–H and O–H groups in total. The van der Waals surface area contributed by atoms with E-state index in [2.05, 4.69) is 44.9 Å². The molecule has 0 aliphatic carbocycles. The van der Waals surface area contributed by atoms with Gasteiger partial charge in [0, 0.05) is 26.7 Å². The Morgan fingerprint density at radius 1 is 1.45 bits per heavy atom. The highest BCUT2D eigenvalue weighted by molar-refractivity contribution is 9.10. The van der Waals surface area contributed by atoms with E-state index in [1.165, 1.54) is 10.4 Å². The molecule has 3 rings (SSSR count). The van der Waals surface area contributed by atoms with Crippen LogP contribution in [0.4, 0.5) is 0 Å². The molecule has 0 amide bonds. The molecule has 2 atom stereocenters. The SMILES string of the molecule is NNC(Cc1cc(Br)cs1)C1COc2ccccc2C1. The molecule has 2 heterocycles. The Bertz CT molecular complexity index is 587. The van der Waals surface area contributed by atoms with Gasteiger partial charge in [-0.05, 0) is 46.5 Å². The Hall–Kier alpha value is -0.880. The fourth-order valence-electron chi connectivity index (χ4n) is 2.65. The maximum atomic E-state index is 5.86. The predicted molar refractivity (Wildman–Crippen MR) is 86.0 cm³/mol. The number of ether oxygens (including phenoxy) is 1. The number of hydrazine groups is 1. The smallest absolute Gasteiger partial charge is 0.122 e. The van der Waals surface area contributed by atoms with E-state index >= 15 is 0 Å². The minimum atomic E-state index is 0.230. The number of rotatable bonds is 4. The molecule has 0 radical (unpaired) electrons. The van der Waals surface area contributed by atoms with Crippen molar-refractivity contribution in [1.82, 2.24) is 5.43 Å². The molecule has 0 saturated carbocycles. The lowest BCUT2D eigenvalue weighted by atomic mass is 9.89. The van der Waals surface area contributed by atoms with Crippen molar-refractivity contribution in [3.05, 3.63) is 50.6 Å². The summed E-state index contributed by atoms with van der Waals surface area (Å²) in [7, 11) is 0. The van der Waals surface area contributed by atoms with E-state index in [4.69, 9.17) is 10.6 Å². The van der Waals surface area contributed by atoms with E-state index in [0.717, 1.165) is 29.7 Å². The first-order chi connectivity index (χ1) is 9.76. The molecule has 1 aromatic carbocycles. The van der Waals surface area contributed by atoms with Crippen molar-refractivity contribution < 1.29 is 4.74 Å². The summed E-state index contributed by atoms with van der Waals surface area (Å²) < 4.78 is 7.00. The van der Waals surface area contributed by atoms with Crippen molar-refractivity contribution in [2.45, 2.75) is 18.9 Å². The van der Waals surface area contributed by atoms with Crippen molar-refractivity contribution in [1.29, 1.82) is 0 Å². The van der Waals surface area contributed by atoms with Gasteiger partial charge in [0.15, 0.2) is 0 Å². The first kappa shape index (κ1) is 14.1. The highest BCUT2D eigenvalue weighted by atomic mass is 79.9. The fourth-order valence-corrected chi connectivity index (χ4v) is 4.16. The van der Waals surface area contributed by atoms with Crippen LogP contribution < -0.4 is 16.0 Å². The lowest BCUT2D eigenvalue weighted by molar-refractivity contribution is 0.184. The molecule has 0 bridgehead atoms. The first-order valence-corrected chi connectivity index (χ1v) is 8.33. The minimum absolute atomic E-state index is 0.230. The average molecular weight is 353 g/mol.